The van der Waals surface area contributed by atoms with Gasteiger partial charge in [-0.3, -0.25) is 4.40 Å². The van der Waals surface area contributed by atoms with E-state index in [1.165, 1.54) is 0 Å². The Balaban J connectivity index is 1.46. The van der Waals surface area contributed by atoms with E-state index in [0.29, 0.717) is 19.0 Å². The van der Waals surface area contributed by atoms with E-state index < -0.39 is 0 Å². The van der Waals surface area contributed by atoms with Crippen LogP contribution in [0, 0.1) is 6.92 Å². The Morgan fingerprint density at radius 2 is 1.88 bits per heavy atom. The summed E-state index contributed by atoms with van der Waals surface area (Å²) in [7, 11) is 1.60. The summed E-state index contributed by atoms with van der Waals surface area (Å²) in [5, 5.41) is 9.09. The third-order valence-electron chi connectivity index (χ3n) is 5.11. The number of aryl methyl sites for hydroxylation is 2. The predicted octanol–water partition coefficient (Wildman–Crippen LogP) is 3.78. The molecule has 4 rings (SSSR count). The van der Waals surface area contributed by atoms with E-state index in [0.717, 1.165) is 52.5 Å². The molecule has 9 nitrogen and oxygen atoms in total. The van der Waals surface area contributed by atoms with Gasteiger partial charge >= 0.3 is 6.03 Å². The quantitative estimate of drug-likeness (QED) is 0.365. The number of para-hydroxylation sites is 1. The monoisotopic (exact) mass is 433 g/mol. The van der Waals surface area contributed by atoms with Gasteiger partial charge in [0.15, 0.2) is 11.5 Å². The first-order valence-corrected chi connectivity index (χ1v) is 10.7. The van der Waals surface area contributed by atoms with Crippen LogP contribution in [0.4, 0.5) is 16.3 Å². The molecule has 2 amide bonds. The van der Waals surface area contributed by atoms with E-state index in [2.05, 4.69) is 27.9 Å². The Bertz CT molecular complexity index is 1240. The molecule has 0 fully saturated rings. The largest absolute Gasteiger partial charge is 0.481 e. The molecule has 32 heavy (non-hydrogen) atoms. The zero-order valence-electron chi connectivity index (χ0n) is 18.5. The van der Waals surface area contributed by atoms with E-state index >= 15 is 0 Å². The fourth-order valence-corrected chi connectivity index (χ4v) is 3.61. The van der Waals surface area contributed by atoms with Crippen LogP contribution in [0.3, 0.4) is 0 Å². The molecule has 0 spiro atoms. The smallest absolute Gasteiger partial charge is 0.319 e. The summed E-state index contributed by atoms with van der Waals surface area (Å²) >= 11 is 0. The van der Waals surface area contributed by atoms with Crippen molar-refractivity contribution in [2.75, 3.05) is 30.8 Å². The highest BCUT2D eigenvalue weighted by Crippen LogP contribution is 2.26. The van der Waals surface area contributed by atoms with Gasteiger partial charge in [-0.05, 0) is 31.5 Å². The maximum absolute atomic E-state index is 12.0. The first kappa shape index (κ1) is 21.4. The van der Waals surface area contributed by atoms with Gasteiger partial charge in [0.1, 0.15) is 16.9 Å². The Morgan fingerprint density at radius 3 is 2.62 bits per heavy atom. The SMILES string of the molecule is CCc1nc(C)c2c(NCCCNC(=O)Nc3ccccc3)nc3ccc(OC)nc3n12. The number of methoxy groups -OCH3 is 1. The molecule has 3 N–H and O–H groups in total. The van der Waals surface area contributed by atoms with Gasteiger partial charge in [0, 0.05) is 31.3 Å². The lowest BCUT2D eigenvalue weighted by Crippen LogP contribution is -2.30. The highest BCUT2D eigenvalue weighted by molar-refractivity contribution is 5.89. The molecule has 4 aromatic rings. The normalized spacial score (nSPS) is 11.0. The molecule has 0 aliphatic carbocycles. The molecule has 1 aromatic carbocycles. The minimum absolute atomic E-state index is 0.221. The number of aromatic nitrogens is 4. The number of urea groups is 1. The third-order valence-corrected chi connectivity index (χ3v) is 5.11. The standard InChI is InChI=1S/C23H27N7O2/c1-4-18-26-15(2)20-21(28-17-11-12-19(32-3)29-22(17)30(18)20)24-13-8-14-25-23(31)27-16-9-6-5-7-10-16/h5-7,9-12H,4,8,13-14H2,1-3H3,(H,24,28)(H2,25,27,31). The average Bonchev–Trinajstić information content (AvgIpc) is 3.16. The number of fused-ring (bicyclic) bond motifs is 3. The lowest BCUT2D eigenvalue weighted by Gasteiger charge is -2.12. The Labute approximate surface area is 186 Å². The topological polar surface area (TPSA) is 105 Å². The number of ether oxygens (including phenoxy) is 1. The van der Waals surface area contributed by atoms with Crippen LogP contribution in [0.25, 0.3) is 16.7 Å². The van der Waals surface area contributed by atoms with E-state index in [-0.39, 0.29) is 6.03 Å². The average molecular weight is 434 g/mol. The molecule has 9 heteroatoms. The van der Waals surface area contributed by atoms with Gasteiger partial charge in [-0.25, -0.2) is 14.8 Å². The van der Waals surface area contributed by atoms with Gasteiger partial charge in [0.25, 0.3) is 0 Å². The summed E-state index contributed by atoms with van der Waals surface area (Å²) in [6, 6.07) is 12.8. The molecular formula is C23H27N7O2. The van der Waals surface area contributed by atoms with Crippen molar-refractivity contribution in [3.63, 3.8) is 0 Å². The van der Waals surface area contributed by atoms with Crippen molar-refractivity contribution < 1.29 is 9.53 Å². The zero-order chi connectivity index (χ0) is 22.5. The summed E-state index contributed by atoms with van der Waals surface area (Å²) < 4.78 is 7.35. The second kappa shape index (κ2) is 9.51. The first-order chi connectivity index (χ1) is 15.6. The van der Waals surface area contributed by atoms with E-state index in [4.69, 9.17) is 14.7 Å². The van der Waals surface area contributed by atoms with Crippen LogP contribution in [-0.4, -0.2) is 45.6 Å². The van der Waals surface area contributed by atoms with Crippen molar-refractivity contribution in [1.82, 2.24) is 24.7 Å². The van der Waals surface area contributed by atoms with E-state index in [1.807, 2.05) is 47.7 Å². The van der Waals surface area contributed by atoms with Crippen LogP contribution in [0.2, 0.25) is 0 Å². The molecule has 0 saturated carbocycles. The highest BCUT2D eigenvalue weighted by Gasteiger charge is 2.17. The van der Waals surface area contributed by atoms with Gasteiger partial charge in [0.05, 0.1) is 12.8 Å². The van der Waals surface area contributed by atoms with Crippen LogP contribution >= 0.6 is 0 Å². The summed E-state index contributed by atoms with van der Waals surface area (Å²) in [6.45, 7) is 5.23. The third kappa shape index (κ3) is 4.41. The van der Waals surface area contributed by atoms with Gasteiger partial charge in [0.2, 0.25) is 5.88 Å². The summed E-state index contributed by atoms with van der Waals surface area (Å²) in [6.07, 6.45) is 1.51. The van der Waals surface area contributed by atoms with Gasteiger partial charge in [-0.15, -0.1) is 0 Å². The first-order valence-electron chi connectivity index (χ1n) is 10.7. The van der Waals surface area contributed by atoms with Crippen molar-refractivity contribution in [3.8, 4) is 5.88 Å². The van der Waals surface area contributed by atoms with E-state index in [1.54, 1.807) is 13.2 Å². The zero-order valence-corrected chi connectivity index (χ0v) is 18.5. The highest BCUT2D eigenvalue weighted by atomic mass is 16.5. The molecule has 0 radical (unpaired) electrons. The number of hydrogen-bond donors (Lipinski definition) is 3. The van der Waals surface area contributed by atoms with Gasteiger partial charge < -0.3 is 20.7 Å². The fraction of sp³-hybridized carbons (Fsp3) is 0.304. The maximum atomic E-state index is 12.0. The lowest BCUT2D eigenvalue weighted by molar-refractivity contribution is 0.252. The number of benzene rings is 1. The minimum atomic E-state index is -0.221. The maximum Gasteiger partial charge on any atom is 0.319 e. The number of nitrogens with one attached hydrogen (secondary N) is 3. The van der Waals surface area contributed by atoms with Crippen molar-refractivity contribution in [1.29, 1.82) is 0 Å². The Hall–Kier alpha value is -3.88. The number of anilines is 2. The molecule has 0 saturated heterocycles. The molecule has 166 valence electrons. The number of amides is 2. The van der Waals surface area contributed by atoms with Crippen molar-refractivity contribution in [2.24, 2.45) is 0 Å². The number of imidazole rings is 1. The number of rotatable bonds is 8. The molecule has 0 aliphatic rings. The fourth-order valence-electron chi connectivity index (χ4n) is 3.61. The summed E-state index contributed by atoms with van der Waals surface area (Å²) in [5.41, 5.74) is 4.04. The van der Waals surface area contributed by atoms with Crippen LogP contribution < -0.4 is 20.7 Å². The molecule has 0 atom stereocenters. The minimum Gasteiger partial charge on any atom is -0.481 e. The lowest BCUT2D eigenvalue weighted by atomic mass is 10.3. The second-order valence-electron chi connectivity index (χ2n) is 7.34. The number of carbonyl (C=O) groups excluding carboxylic acids is 1. The summed E-state index contributed by atoms with van der Waals surface area (Å²) in [4.78, 5) is 26.1. The van der Waals surface area contributed by atoms with Crippen LogP contribution in [0.15, 0.2) is 42.5 Å². The number of hydrogen-bond acceptors (Lipinski definition) is 6. The Kier molecular flexibility index (Phi) is 6.34. The molecule has 0 aliphatic heterocycles. The second-order valence-corrected chi connectivity index (χ2v) is 7.34. The Morgan fingerprint density at radius 1 is 1.06 bits per heavy atom. The van der Waals surface area contributed by atoms with Crippen molar-refractivity contribution in [3.05, 3.63) is 54.0 Å². The molecular weight excluding hydrogens is 406 g/mol. The van der Waals surface area contributed by atoms with Crippen LogP contribution in [-0.2, 0) is 6.42 Å². The van der Waals surface area contributed by atoms with Crippen LogP contribution in [0.1, 0.15) is 24.9 Å². The number of nitrogens with zero attached hydrogens (tertiary/aromatic N) is 4. The summed E-state index contributed by atoms with van der Waals surface area (Å²) in [5.74, 6) is 2.21. The van der Waals surface area contributed by atoms with Gasteiger partial charge in [-0.1, -0.05) is 25.1 Å². The molecule has 0 bridgehead atoms. The van der Waals surface area contributed by atoms with Crippen molar-refractivity contribution >= 4 is 34.2 Å². The van der Waals surface area contributed by atoms with Gasteiger partial charge in [-0.2, -0.15) is 4.98 Å². The van der Waals surface area contributed by atoms with Crippen LogP contribution in [0.5, 0.6) is 5.88 Å². The van der Waals surface area contributed by atoms with Crippen molar-refractivity contribution in [2.45, 2.75) is 26.7 Å². The molecule has 0 unspecified atom stereocenters. The van der Waals surface area contributed by atoms with E-state index in [9.17, 15) is 4.79 Å². The number of carbonyl (C=O) groups is 1. The predicted molar refractivity (Wildman–Crippen MR) is 126 cm³/mol. The number of pyridine rings is 1. The molecule has 3 heterocycles. The molecule has 3 aromatic heterocycles.